The molecular weight excluding hydrogens is 302 g/mol. The monoisotopic (exact) mass is 327 g/mol. The van der Waals surface area contributed by atoms with E-state index >= 15 is 0 Å². The van der Waals surface area contributed by atoms with Gasteiger partial charge in [0.25, 0.3) is 0 Å². The third-order valence-electron chi connectivity index (χ3n) is 4.81. The maximum absolute atomic E-state index is 12.6. The van der Waals surface area contributed by atoms with Crippen molar-refractivity contribution in [3.05, 3.63) is 59.5 Å². The number of aliphatic hydroxyl groups excluding tert-OH is 1. The highest BCUT2D eigenvalue weighted by Crippen LogP contribution is 2.28. The van der Waals surface area contributed by atoms with Gasteiger partial charge in [-0.15, -0.1) is 0 Å². The number of hydrogen-bond donors (Lipinski definition) is 1. The van der Waals surface area contributed by atoms with Crippen molar-refractivity contribution < 1.29 is 14.3 Å². The fraction of sp³-hybridized carbons (Fsp3) is 0.450. The van der Waals surface area contributed by atoms with E-state index in [0.29, 0.717) is 18.6 Å². The molecule has 1 amide bonds. The Kier molecular flexibility index (Phi) is 5.36. The van der Waals surface area contributed by atoms with Gasteiger partial charge < -0.3 is 14.4 Å². The van der Waals surface area contributed by atoms with Gasteiger partial charge in [0, 0.05) is 25.4 Å². The summed E-state index contributed by atoms with van der Waals surface area (Å²) < 4.78 is 5.26. The maximum Gasteiger partial charge on any atom is 0.223 e. The number of furan rings is 1. The smallest absolute Gasteiger partial charge is 0.223 e. The molecule has 0 aliphatic carbocycles. The highest BCUT2D eigenvalue weighted by atomic mass is 16.4. The number of amides is 1. The van der Waals surface area contributed by atoms with E-state index in [1.807, 2.05) is 4.90 Å². The normalized spacial score (nSPS) is 18.8. The summed E-state index contributed by atoms with van der Waals surface area (Å²) in [7, 11) is 0. The number of likely N-dealkylation sites (tertiary alicyclic amines) is 1. The van der Waals surface area contributed by atoms with Crippen LogP contribution < -0.4 is 0 Å². The number of benzene rings is 1. The van der Waals surface area contributed by atoms with E-state index in [-0.39, 0.29) is 11.9 Å². The summed E-state index contributed by atoms with van der Waals surface area (Å²) in [5, 5.41) is 10.3. The van der Waals surface area contributed by atoms with Crippen LogP contribution in [0.1, 0.15) is 48.7 Å². The van der Waals surface area contributed by atoms with Gasteiger partial charge in [0.2, 0.25) is 5.91 Å². The van der Waals surface area contributed by atoms with Crippen molar-refractivity contribution >= 4 is 5.91 Å². The van der Waals surface area contributed by atoms with Gasteiger partial charge in [0.15, 0.2) is 0 Å². The van der Waals surface area contributed by atoms with Gasteiger partial charge in [-0.25, -0.2) is 0 Å². The van der Waals surface area contributed by atoms with Crippen molar-refractivity contribution in [2.45, 2.75) is 51.2 Å². The van der Waals surface area contributed by atoms with Crippen LogP contribution in [0.3, 0.4) is 0 Å². The Morgan fingerprint density at radius 3 is 2.83 bits per heavy atom. The molecule has 24 heavy (non-hydrogen) atoms. The third kappa shape index (κ3) is 4.06. The quantitative estimate of drug-likeness (QED) is 0.881. The van der Waals surface area contributed by atoms with Crippen molar-refractivity contribution in [2.24, 2.45) is 0 Å². The van der Waals surface area contributed by atoms with Crippen molar-refractivity contribution in [3.63, 3.8) is 0 Å². The number of rotatable bonds is 6. The van der Waals surface area contributed by atoms with E-state index in [2.05, 4.69) is 31.2 Å². The molecule has 0 radical (unpaired) electrons. The summed E-state index contributed by atoms with van der Waals surface area (Å²) in [4.78, 5) is 14.5. The van der Waals surface area contributed by atoms with Gasteiger partial charge in [0.05, 0.1) is 6.26 Å². The summed E-state index contributed by atoms with van der Waals surface area (Å²) in [5.74, 6) is 0.763. The molecule has 2 aromatic rings. The molecule has 1 aliphatic rings. The molecular formula is C20H25NO3. The molecule has 4 nitrogen and oxygen atoms in total. The molecule has 1 N–H and O–H groups in total. The van der Waals surface area contributed by atoms with Gasteiger partial charge in [-0.3, -0.25) is 4.79 Å². The van der Waals surface area contributed by atoms with E-state index in [0.717, 1.165) is 25.8 Å². The third-order valence-corrected chi connectivity index (χ3v) is 4.81. The van der Waals surface area contributed by atoms with Gasteiger partial charge in [-0.05, 0) is 43.9 Å². The molecule has 3 rings (SSSR count). The molecule has 128 valence electrons. The first-order valence-electron chi connectivity index (χ1n) is 8.70. The van der Waals surface area contributed by atoms with Gasteiger partial charge >= 0.3 is 0 Å². The number of carbonyl (C=O) groups excluding carboxylic acids is 1. The zero-order chi connectivity index (χ0) is 16.9. The van der Waals surface area contributed by atoms with E-state index in [1.165, 1.54) is 11.1 Å². The fourth-order valence-electron chi connectivity index (χ4n) is 3.41. The minimum absolute atomic E-state index is 0.107. The predicted molar refractivity (Wildman–Crippen MR) is 92.5 cm³/mol. The largest absolute Gasteiger partial charge is 0.467 e. The van der Waals surface area contributed by atoms with Crippen molar-refractivity contribution in [1.82, 2.24) is 4.90 Å². The second-order valence-corrected chi connectivity index (χ2v) is 6.64. The van der Waals surface area contributed by atoms with Crippen molar-refractivity contribution in [1.29, 1.82) is 0 Å². The second-order valence-electron chi connectivity index (χ2n) is 6.64. The second kappa shape index (κ2) is 7.67. The number of nitrogens with zero attached hydrogens (tertiary/aromatic N) is 1. The minimum atomic E-state index is -0.643. The highest BCUT2D eigenvalue weighted by Gasteiger charge is 2.30. The Morgan fingerprint density at radius 2 is 2.12 bits per heavy atom. The summed E-state index contributed by atoms with van der Waals surface area (Å²) >= 11 is 0. The molecule has 2 atom stereocenters. The van der Waals surface area contributed by atoms with Crippen molar-refractivity contribution in [2.75, 3.05) is 6.54 Å². The van der Waals surface area contributed by atoms with E-state index in [4.69, 9.17) is 4.42 Å². The Bertz CT molecular complexity index is 648. The Morgan fingerprint density at radius 1 is 1.33 bits per heavy atom. The molecule has 1 saturated heterocycles. The molecule has 0 saturated carbocycles. The van der Waals surface area contributed by atoms with Crippen LogP contribution in [0.15, 0.2) is 47.1 Å². The van der Waals surface area contributed by atoms with Crippen LogP contribution in [0.5, 0.6) is 0 Å². The number of hydrogen-bond acceptors (Lipinski definition) is 3. The van der Waals surface area contributed by atoms with Crippen LogP contribution in [-0.2, 0) is 11.2 Å². The lowest BCUT2D eigenvalue weighted by Gasteiger charge is -2.26. The number of aryl methyl sites for hydroxylation is 2. The predicted octanol–water partition coefficient (Wildman–Crippen LogP) is 3.64. The van der Waals surface area contributed by atoms with Crippen LogP contribution in [0.4, 0.5) is 0 Å². The molecule has 1 aromatic carbocycles. The first-order chi connectivity index (χ1) is 11.6. The topological polar surface area (TPSA) is 53.7 Å². The van der Waals surface area contributed by atoms with Crippen LogP contribution in [0.25, 0.3) is 0 Å². The van der Waals surface area contributed by atoms with E-state index in [9.17, 15) is 9.90 Å². The minimum Gasteiger partial charge on any atom is -0.467 e. The zero-order valence-electron chi connectivity index (χ0n) is 14.1. The van der Waals surface area contributed by atoms with Crippen LogP contribution in [-0.4, -0.2) is 28.5 Å². The Balaban J connectivity index is 1.54. The molecule has 1 aromatic heterocycles. The summed E-state index contributed by atoms with van der Waals surface area (Å²) in [6, 6.07) is 12.0. The first kappa shape index (κ1) is 16.8. The SMILES string of the molecule is Cc1ccc(CCC(=O)N2CCCC2CC(O)c2ccco2)cc1. The van der Waals surface area contributed by atoms with Gasteiger partial charge in [-0.1, -0.05) is 29.8 Å². The lowest BCUT2D eigenvalue weighted by atomic mass is 10.0. The fourth-order valence-corrected chi connectivity index (χ4v) is 3.41. The van der Waals surface area contributed by atoms with E-state index < -0.39 is 6.10 Å². The zero-order valence-corrected chi connectivity index (χ0v) is 14.1. The van der Waals surface area contributed by atoms with Crippen LogP contribution >= 0.6 is 0 Å². The van der Waals surface area contributed by atoms with Gasteiger partial charge in [0.1, 0.15) is 11.9 Å². The average Bonchev–Trinajstić information content (AvgIpc) is 3.25. The molecule has 4 heteroatoms. The number of carbonyl (C=O) groups is 1. The van der Waals surface area contributed by atoms with Crippen LogP contribution in [0.2, 0.25) is 0 Å². The molecule has 1 fully saturated rings. The maximum atomic E-state index is 12.6. The van der Waals surface area contributed by atoms with E-state index in [1.54, 1.807) is 18.4 Å². The lowest BCUT2D eigenvalue weighted by Crippen LogP contribution is -2.36. The number of aliphatic hydroxyl groups is 1. The molecule has 2 unspecified atom stereocenters. The molecule has 1 aliphatic heterocycles. The standard InChI is InChI=1S/C20H25NO3/c1-15-6-8-16(9-7-15)10-11-20(23)21-12-2-4-17(21)14-18(22)19-5-3-13-24-19/h3,5-9,13,17-18,22H,2,4,10-12,14H2,1H3. The molecule has 0 spiro atoms. The molecule has 2 heterocycles. The lowest BCUT2D eigenvalue weighted by molar-refractivity contribution is -0.132. The molecule has 0 bridgehead atoms. The average molecular weight is 327 g/mol. The van der Waals surface area contributed by atoms with Crippen LogP contribution in [0, 0.1) is 6.92 Å². The first-order valence-corrected chi connectivity index (χ1v) is 8.70. The Labute approximate surface area is 143 Å². The van der Waals surface area contributed by atoms with Gasteiger partial charge in [-0.2, -0.15) is 0 Å². The highest BCUT2D eigenvalue weighted by molar-refractivity contribution is 5.77. The van der Waals surface area contributed by atoms with Crippen molar-refractivity contribution in [3.8, 4) is 0 Å². The summed E-state index contributed by atoms with van der Waals surface area (Å²) in [6.07, 6.45) is 4.72. The summed E-state index contributed by atoms with van der Waals surface area (Å²) in [6.45, 7) is 2.86. The summed E-state index contributed by atoms with van der Waals surface area (Å²) in [5.41, 5.74) is 2.43. The Hall–Kier alpha value is -2.07.